The molecule has 0 saturated carbocycles. The number of hydrogen-bond acceptors (Lipinski definition) is 3. The van der Waals surface area contributed by atoms with Gasteiger partial charge in [-0.2, -0.15) is 0 Å². The predicted molar refractivity (Wildman–Crippen MR) is 89.0 cm³/mol. The third kappa shape index (κ3) is 3.23. The zero-order valence-electron chi connectivity index (χ0n) is 13.7. The minimum absolute atomic E-state index is 0.132. The monoisotopic (exact) mass is 314 g/mol. The van der Waals surface area contributed by atoms with Crippen LogP contribution in [0.25, 0.3) is 0 Å². The quantitative estimate of drug-likeness (QED) is 0.841. The Balaban J connectivity index is 1.36. The van der Waals surface area contributed by atoms with E-state index in [0.29, 0.717) is 24.5 Å². The van der Waals surface area contributed by atoms with Crippen LogP contribution in [0, 0.1) is 11.8 Å². The summed E-state index contributed by atoms with van der Waals surface area (Å²) >= 11 is 0. The third-order valence-electron chi connectivity index (χ3n) is 5.73. The van der Waals surface area contributed by atoms with E-state index in [-0.39, 0.29) is 6.09 Å². The lowest BCUT2D eigenvalue weighted by atomic mass is 9.76. The molecule has 1 aromatic carbocycles. The van der Waals surface area contributed by atoms with E-state index in [0.717, 1.165) is 18.7 Å². The highest BCUT2D eigenvalue weighted by atomic mass is 16.6. The lowest BCUT2D eigenvalue weighted by Crippen LogP contribution is -2.59. The minimum atomic E-state index is -0.132. The van der Waals surface area contributed by atoms with Crippen LogP contribution in [-0.2, 0) is 11.3 Å². The molecule has 1 aromatic rings. The molecule has 124 valence electrons. The number of piperidine rings is 3. The van der Waals surface area contributed by atoms with Crippen molar-refractivity contribution in [2.24, 2.45) is 11.8 Å². The van der Waals surface area contributed by atoms with Gasteiger partial charge in [0.1, 0.15) is 6.61 Å². The van der Waals surface area contributed by atoms with Crippen molar-refractivity contribution in [2.45, 2.75) is 38.3 Å². The molecule has 0 aromatic heterocycles. The van der Waals surface area contributed by atoms with Gasteiger partial charge in [-0.05, 0) is 43.2 Å². The van der Waals surface area contributed by atoms with Crippen LogP contribution in [0.4, 0.5) is 4.79 Å². The Morgan fingerprint density at radius 3 is 2.87 bits per heavy atom. The van der Waals surface area contributed by atoms with Crippen LogP contribution in [0.5, 0.6) is 0 Å². The van der Waals surface area contributed by atoms with Crippen molar-refractivity contribution in [3.8, 4) is 0 Å². The fraction of sp³-hybridized carbons (Fsp3) is 0.632. The molecule has 0 N–H and O–H groups in total. The Morgan fingerprint density at radius 1 is 1.13 bits per heavy atom. The van der Waals surface area contributed by atoms with Gasteiger partial charge in [0.2, 0.25) is 0 Å². The lowest BCUT2D eigenvalue weighted by Gasteiger charge is -2.52. The van der Waals surface area contributed by atoms with Crippen LogP contribution in [0.3, 0.4) is 0 Å². The maximum atomic E-state index is 12.5. The number of fused-ring (bicyclic) bond motifs is 4. The van der Waals surface area contributed by atoms with Crippen molar-refractivity contribution in [2.75, 3.05) is 26.2 Å². The molecule has 1 amide bonds. The molecular weight excluding hydrogens is 288 g/mol. The molecular formula is C19H26N2O2. The number of benzene rings is 1. The SMILES string of the molecule is O=C(OCc1ccccc1)N1CC2C[C@@H](C1)[C@@H]1CCCCN1C2. The number of carbonyl (C=O) groups is 1. The Labute approximate surface area is 138 Å². The molecule has 0 spiro atoms. The molecule has 4 nitrogen and oxygen atoms in total. The van der Waals surface area contributed by atoms with Crippen molar-refractivity contribution in [3.63, 3.8) is 0 Å². The lowest BCUT2D eigenvalue weighted by molar-refractivity contribution is -0.0297. The van der Waals surface area contributed by atoms with E-state index in [1.165, 1.54) is 38.8 Å². The molecule has 3 fully saturated rings. The van der Waals surface area contributed by atoms with Gasteiger partial charge in [0.05, 0.1) is 0 Å². The average Bonchev–Trinajstić information content (AvgIpc) is 2.60. The van der Waals surface area contributed by atoms with Gasteiger partial charge in [0.15, 0.2) is 0 Å². The highest BCUT2D eigenvalue weighted by molar-refractivity contribution is 5.67. The van der Waals surface area contributed by atoms with Crippen molar-refractivity contribution in [1.29, 1.82) is 0 Å². The molecule has 1 unspecified atom stereocenters. The van der Waals surface area contributed by atoms with E-state index < -0.39 is 0 Å². The fourth-order valence-electron chi connectivity index (χ4n) is 4.73. The second-order valence-electron chi connectivity index (χ2n) is 7.37. The van der Waals surface area contributed by atoms with Gasteiger partial charge in [-0.1, -0.05) is 36.8 Å². The van der Waals surface area contributed by atoms with Gasteiger partial charge >= 0.3 is 6.09 Å². The van der Waals surface area contributed by atoms with Crippen LogP contribution in [0.1, 0.15) is 31.2 Å². The molecule has 3 aliphatic heterocycles. The van der Waals surface area contributed by atoms with Gasteiger partial charge < -0.3 is 9.64 Å². The highest BCUT2D eigenvalue weighted by Gasteiger charge is 2.42. The number of likely N-dealkylation sites (tertiary alicyclic amines) is 1. The van der Waals surface area contributed by atoms with Gasteiger partial charge in [-0.25, -0.2) is 4.79 Å². The van der Waals surface area contributed by atoms with Crippen LogP contribution in [-0.4, -0.2) is 48.1 Å². The van der Waals surface area contributed by atoms with E-state index in [9.17, 15) is 4.79 Å². The van der Waals surface area contributed by atoms with Crippen molar-refractivity contribution >= 4 is 6.09 Å². The first-order valence-electron chi connectivity index (χ1n) is 8.99. The highest BCUT2D eigenvalue weighted by Crippen LogP contribution is 2.37. The summed E-state index contributed by atoms with van der Waals surface area (Å²) in [6.07, 6.45) is 5.17. The molecule has 4 rings (SSSR count). The predicted octanol–water partition coefficient (Wildman–Crippen LogP) is 3.13. The van der Waals surface area contributed by atoms with E-state index in [2.05, 4.69) is 4.90 Å². The van der Waals surface area contributed by atoms with Crippen LogP contribution in [0.15, 0.2) is 30.3 Å². The summed E-state index contributed by atoms with van der Waals surface area (Å²) in [5.41, 5.74) is 1.05. The second kappa shape index (κ2) is 6.52. The fourth-order valence-corrected chi connectivity index (χ4v) is 4.73. The topological polar surface area (TPSA) is 32.8 Å². The summed E-state index contributed by atoms with van der Waals surface area (Å²) in [5, 5.41) is 0. The smallest absolute Gasteiger partial charge is 0.410 e. The summed E-state index contributed by atoms with van der Waals surface area (Å²) in [6, 6.07) is 10.6. The van der Waals surface area contributed by atoms with E-state index >= 15 is 0 Å². The molecule has 0 aliphatic carbocycles. The van der Waals surface area contributed by atoms with E-state index in [1.807, 2.05) is 35.2 Å². The van der Waals surface area contributed by atoms with Crippen LogP contribution >= 0.6 is 0 Å². The first-order valence-corrected chi connectivity index (χ1v) is 8.99. The van der Waals surface area contributed by atoms with Crippen molar-refractivity contribution < 1.29 is 9.53 Å². The molecule has 4 heteroatoms. The standard InChI is InChI=1S/C19H26N2O2/c22-19(23-14-15-6-2-1-3-7-15)21-12-16-10-17(13-21)18-8-4-5-9-20(18)11-16/h1-3,6-7,16-18H,4-5,8-14H2/t16?,17-,18-/m0/s1. The van der Waals surface area contributed by atoms with Gasteiger partial charge in [0, 0.05) is 25.7 Å². The summed E-state index contributed by atoms with van der Waals surface area (Å²) in [6.45, 7) is 4.56. The summed E-state index contributed by atoms with van der Waals surface area (Å²) in [7, 11) is 0. The first-order chi connectivity index (χ1) is 11.3. The zero-order chi connectivity index (χ0) is 15.6. The maximum Gasteiger partial charge on any atom is 0.410 e. The number of amides is 1. The Kier molecular flexibility index (Phi) is 4.25. The molecule has 0 radical (unpaired) electrons. The average molecular weight is 314 g/mol. The number of ether oxygens (including phenoxy) is 1. The zero-order valence-corrected chi connectivity index (χ0v) is 13.7. The Morgan fingerprint density at radius 2 is 2.00 bits per heavy atom. The largest absolute Gasteiger partial charge is 0.445 e. The number of nitrogens with zero attached hydrogens (tertiary/aromatic N) is 2. The first kappa shape index (κ1) is 15.0. The number of hydrogen-bond donors (Lipinski definition) is 0. The number of rotatable bonds is 2. The van der Waals surface area contributed by atoms with E-state index in [4.69, 9.17) is 4.74 Å². The Bertz CT molecular complexity index is 548. The third-order valence-corrected chi connectivity index (χ3v) is 5.73. The molecule has 3 aliphatic rings. The molecule has 23 heavy (non-hydrogen) atoms. The van der Waals surface area contributed by atoms with Crippen molar-refractivity contribution in [3.05, 3.63) is 35.9 Å². The summed E-state index contributed by atoms with van der Waals surface area (Å²) in [4.78, 5) is 17.1. The molecule has 3 saturated heterocycles. The number of carbonyl (C=O) groups excluding carboxylic acids is 1. The molecule has 3 heterocycles. The summed E-state index contributed by atoms with van der Waals surface area (Å²) in [5.74, 6) is 1.28. The summed E-state index contributed by atoms with van der Waals surface area (Å²) < 4.78 is 5.54. The maximum absolute atomic E-state index is 12.5. The molecule has 3 atom stereocenters. The van der Waals surface area contributed by atoms with Crippen LogP contribution < -0.4 is 0 Å². The van der Waals surface area contributed by atoms with Crippen molar-refractivity contribution in [1.82, 2.24) is 9.80 Å². The van der Waals surface area contributed by atoms with Gasteiger partial charge in [0.25, 0.3) is 0 Å². The Hall–Kier alpha value is -1.55. The van der Waals surface area contributed by atoms with E-state index in [1.54, 1.807) is 0 Å². The normalized spacial score (nSPS) is 30.6. The second-order valence-corrected chi connectivity index (χ2v) is 7.37. The van der Waals surface area contributed by atoms with Gasteiger partial charge in [-0.15, -0.1) is 0 Å². The van der Waals surface area contributed by atoms with Gasteiger partial charge in [-0.3, -0.25) is 4.90 Å². The molecule has 2 bridgehead atoms. The minimum Gasteiger partial charge on any atom is -0.445 e. The van der Waals surface area contributed by atoms with Crippen LogP contribution in [0.2, 0.25) is 0 Å².